The Balaban J connectivity index is 1.52. The van der Waals surface area contributed by atoms with Crippen LogP contribution in [-0.2, 0) is 17.8 Å². The molecule has 2 aromatic rings. The van der Waals surface area contributed by atoms with E-state index in [9.17, 15) is 14.7 Å². The van der Waals surface area contributed by atoms with Crippen LogP contribution in [0.25, 0.3) is 10.9 Å². The molecular weight excluding hydrogens is 354 g/mol. The Kier molecular flexibility index (Phi) is 5.23. The highest BCUT2D eigenvalue weighted by atomic mass is 16.3. The highest BCUT2D eigenvalue weighted by Crippen LogP contribution is 2.30. The lowest BCUT2D eigenvalue weighted by Crippen LogP contribution is -2.51. The van der Waals surface area contributed by atoms with E-state index in [1.54, 1.807) is 10.6 Å². The van der Waals surface area contributed by atoms with Crippen molar-refractivity contribution in [1.82, 2.24) is 14.5 Å². The zero-order chi connectivity index (χ0) is 19.7. The van der Waals surface area contributed by atoms with E-state index in [-0.39, 0.29) is 23.9 Å². The minimum atomic E-state index is -0.982. The van der Waals surface area contributed by atoms with Crippen LogP contribution in [0, 0.1) is 5.92 Å². The number of likely N-dealkylation sites (tertiary alicyclic amines) is 1. The molecule has 150 valence electrons. The van der Waals surface area contributed by atoms with E-state index in [2.05, 4.69) is 4.98 Å². The van der Waals surface area contributed by atoms with Crippen LogP contribution in [0.15, 0.2) is 29.1 Å². The number of aliphatic hydroxyl groups is 1. The number of benzene rings is 1. The number of fused-ring (bicyclic) bond motifs is 1. The van der Waals surface area contributed by atoms with Gasteiger partial charge < -0.3 is 10.0 Å². The van der Waals surface area contributed by atoms with E-state index < -0.39 is 5.60 Å². The van der Waals surface area contributed by atoms with E-state index in [4.69, 9.17) is 0 Å². The highest BCUT2D eigenvalue weighted by Gasteiger charge is 2.37. The Morgan fingerprint density at radius 3 is 2.57 bits per heavy atom. The van der Waals surface area contributed by atoms with Crippen molar-refractivity contribution in [2.75, 3.05) is 13.1 Å². The van der Waals surface area contributed by atoms with E-state index in [1.807, 2.05) is 30.0 Å². The second-order valence-electron chi connectivity index (χ2n) is 8.32. The standard InChI is InChI=1S/C22H29N3O3/c1-2-19-23-18-10-6-5-9-17(18)21(27)25(19)15-22(28)11-13-24(14-12-22)20(26)16-7-3-4-8-16/h5-6,9-10,16,28H,2-4,7-8,11-15H2,1H3. The van der Waals surface area contributed by atoms with E-state index >= 15 is 0 Å². The Bertz CT molecular complexity index is 922. The van der Waals surface area contributed by atoms with Crippen molar-refractivity contribution in [2.24, 2.45) is 5.92 Å². The summed E-state index contributed by atoms with van der Waals surface area (Å²) < 4.78 is 1.64. The van der Waals surface area contributed by atoms with Crippen LogP contribution < -0.4 is 5.56 Å². The number of hydrogen-bond acceptors (Lipinski definition) is 4. The summed E-state index contributed by atoms with van der Waals surface area (Å²) in [5, 5.41) is 11.8. The second kappa shape index (κ2) is 7.66. The number of carbonyl (C=O) groups excluding carboxylic acids is 1. The zero-order valence-corrected chi connectivity index (χ0v) is 16.6. The van der Waals surface area contributed by atoms with Crippen molar-refractivity contribution in [3.63, 3.8) is 0 Å². The van der Waals surface area contributed by atoms with E-state index in [0.29, 0.717) is 49.1 Å². The van der Waals surface area contributed by atoms with Gasteiger partial charge in [0, 0.05) is 25.4 Å². The molecule has 6 nitrogen and oxygen atoms in total. The fourth-order valence-electron chi connectivity index (χ4n) is 4.67. The minimum absolute atomic E-state index is 0.0969. The third kappa shape index (κ3) is 3.58. The first-order valence-electron chi connectivity index (χ1n) is 10.5. The molecule has 2 aliphatic rings. The number of nitrogens with zero attached hydrogens (tertiary/aromatic N) is 3. The molecule has 1 N–H and O–H groups in total. The summed E-state index contributed by atoms with van der Waals surface area (Å²) in [6.45, 7) is 3.32. The lowest BCUT2D eigenvalue weighted by atomic mass is 9.90. The molecule has 1 aromatic carbocycles. The van der Waals surface area contributed by atoms with Crippen LogP contribution in [-0.4, -0.2) is 44.2 Å². The molecule has 1 aliphatic carbocycles. The maximum Gasteiger partial charge on any atom is 0.261 e. The van der Waals surface area contributed by atoms with Crippen molar-refractivity contribution in [3.8, 4) is 0 Å². The third-order valence-corrected chi connectivity index (χ3v) is 6.42. The smallest absolute Gasteiger partial charge is 0.261 e. The van der Waals surface area contributed by atoms with Crippen molar-refractivity contribution < 1.29 is 9.90 Å². The summed E-state index contributed by atoms with van der Waals surface area (Å²) >= 11 is 0. The predicted octanol–water partition coefficient (Wildman–Crippen LogP) is 2.50. The first kappa shape index (κ1) is 19.1. The first-order valence-corrected chi connectivity index (χ1v) is 10.5. The maximum absolute atomic E-state index is 13.0. The lowest BCUT2D eigenvalue weighted by Gasteiger charge is -2.39. The summed E-state index contributed by atoms with van der Waals surface area (Å²) in [5.41, 5.74) is -0.380. The van der Waals surface area contributed by atoms with Gasteiger partial charge in [-0.25, -0.2) is 4.98 Å². The third-order valence-electron chi connectivity index (χ3n) is 6.42. The number of carbonyl (C=O) groups is 1. The van der Waals surface area contributed by atoms with Gasteiger partial charge in [-0.3, -0.25) is 14.2 Å². The Labute approximate surface area is 165 Å². The number of amides is 1. The topological polar surface area (TPSA) is 75.4 Å². The highest BCUT2D eigenvalue weighted by molar-refractivity contribution is 5.79. The van der Waals surface area contributed by atoms with Gasteiger partial charge in [-0.15, -0.1) is 0 Å². The van der Waals surface area contributed by atoms with Gasteiger partial charge in [0.15, 0.2) is 0 Å². The summed E-state index contributed by atoms with van der Waals surface area (Å²) in [6.07, 6.45) is 5.90. The molecule has 0 radical (unpaired) electrons. The van der Waals surface area contributed by atoms with Gasteiger partial charge in [-0.05, 0) is 37.8 Å². The quantitative estimate of drug-likeness (QED) is 0.880. The number of piperidine rings is 1. The number of hydrogen-bond donors (Lipinski definition) is 1. The molecule has 0 spiro atoms. The molecule has 0 unspecified atom stereocenters. The molecule has 6 heteroatoms. The summed E-state index contributed by atoms with van der Waals surface area (Å²) in [5.74, 6) is 1.12. The van der Waals surface area contributed by atoms with E-state index in [1.165, 1.54) is 0 Å². The largest absolute Gasteiger partial charge is 0.388 e. The Morgan fingerprint density at radius 2 is 1.89 bits per heavy atom. The number of rotatable bonds is 4. The molecule has 1 saturated carbocycles. The average Bonchev–Trinajstić information content (AvgIpc) is 3.25. The van der Waals surface area contributed by atoms with Gasteiger partial charge in [0.1, 0.15) is 5.82 Å². The fraction of sp³-hybridized carbons (Fsp3) is 0.591. The van der Waals surface area contributed by atoms with Crippen LogP contribution in [0.4, 0.5) is 0 Å². The lowest BCUT2D eigenvalue weighted by molar-refractivity contribution is -0.140. The summed E-state index contributed by atoms with van der Waals surface area (Å²) in [4.78, 5) is 32.2. The predicted molar refractivity (Wildman–Crippen MR) is 108 cm³/mol. The Morgan fingerprint density at radius 1 is 1.21 bits per heavy atom. The molecule has 28 heavy (non-hydrogen) atoms. The molecular formula is C22H29N3O3. The van der Waals surface area contributed by atoms with Gasteiger partial charge in [0.05, 0.1) is 23.0 Å². The monoisotopic (exact) mass is 383 g/mol. The van der Waals surface area contributed by atoms with Gasteiger partial charge in [0.25, 0.3) is 5.56 Å². The van der Waals surface area contributed by atoms with Gasteiger partial charge in [-0.2, -0.15) is 0 Å². The Hall–Kier alpha value is -2.21. The molecule has 2 fully saturated rings. The molecule has 1 amide bonds. The van der Waals surface area contributed by atoms with Crippen LogP contribution in [0.2, 0.25) is 0 Å². The van der Waals surface area contributed by atoms with E-state index in [0.717, 1.165) is 25.7 Å². The molecule has 0 bridgehead atoms. The van der Waals surface area contributed by atoms with Crippen molar-refractivity contribution in [3.05, 3.63) is 40.4 Å². The molecule has 0 atom stereocenters. The summed E-state index contributed by atoms with van der Waals surface area (Å²) in [7, 11) is 0. The van der Waals surface area contributed by atoms with Gasteiger partial charge in [-0.1, -0.05) is 31.9 Å². The number of aryl methyl sites for hydroxylation is 1. The molecule has 4 rings (SSSR count). The zero-order valence-electron chi connectivity index (χ0n) is 16.6. The minimum Gasteiger partial charge on any atom is -0.388 e. The maximum atomic E-state index is 13.0. The SMILES string of the molecule is CCc1nc2ccccc2c(=O)n1CC1(O)CCN(C(=O)C2CCCC2)CC1. The second-order valence-corrected chi connectivity index (χ2v) is 8.32. The van der Waals surface area contributed by atoms with Crippen LogP contribution in [0.1, 0.15) is 51.3 Å². The first-order chi connectivity index (χ1) is 13.5. The molecule has 1 saturated heterocycles. The fourth-order valence-corrected chi connectivity index (χ4v) is 4.67. The van der Waals surface area contributed by atoms with Crippen molar-refractivity contribution in [2.45, 2.75) is 64.0 Å². The van der Waals surface area contributed by atoms with Gasteiger partial charge >= 0.3 is 0 Å². The average molecular weight is 383 g/mol. The molecule has 1 aliphatic heterocycles. The van der Waals surface area contributed by atoms with Crippen molar-refractivity contribution >= 4 is 16.8 Å². The van der Waals surface area contributed by atoms with Crippen LogP contribution >= 0.6 is 0 Å². The molecule has 1 aromatic heterocycles. The number of para-hydroxylation sites is 1. The van der Waals surface area contributed by atoms with Gasteiger partial charge in [0.2, 0.25) is 5.91 Å². The number of aromatic nitrogens is 2. The molecule has 2 heterocycles. The van der Waals surface area contributed by atoms with Crippen LogP contribution in [0.3, 0.4) is 0 Å². The normalized spacial score (nSPS) is 20.0. The summed E-state index contributed by atoms with van der Waals surface area (Å²) in [6, 6.07) is 7.35. The van der Waals surface area contributed by atoms with Crippen molar-refractivity contribution in [1.29, 1.82) is 0 Å². The van der Waals surface area contributed by atoms with Crippen LogP contribution in [0.5, 0.6) is 0 Å².